The highest BCUT2D eigenvalue weighted by Gasteiger charge is 2.22. The third-order valence-corrected chi connectivity index (χ3v) is 6.53. The van der Waals surface area contributed by atoms with Gasteiger partial charge in [0, 0.05) is 6.61 Å². The summed E-state index contributed by atoms with van der Waals surface area (Å²) in [5, 5.41) is 2.61. The Hall–Kier alpha value is -2.94. The van der Waals surface area contributed by atoms with E-state index in [0.717, 1.165) is 39.1 Å². The van der Waals surface area contributed by atoms with Crippen molar-refractivity contribution >= 4 is 10.8 Å². The number of hydrogen-bond donors (Lipinski definition) is 0. The average Bonchev–Trinajstić information content (AvgIpc) is 3.56. The molecule has 154 valence electrons. The van der Waals surface area contributed by atoms with E-state index in [9.17, 15) is 0 Å². The monoisotopic (exact) mass is 406 g/mol. The number of aryl methyl sites for hydroxylation is 1. The molecule has 0 bridgehead atoms. The molecular weight excluding hydrogens is 380 g/mol. The Balaban J connectivity index is 1.22. The van der Waals surface area contributed by atoms with E-state index in [1.807, 2.05) is 0 Å². The summed E-state index contributed by atoms with van der Waals surface area (Å²) in [7, 11) is 0. The molecule has 0 aromatic heterocycles. The lowest BCUT2D eigenvalue weighted by molar-refractivity contribution is 0.114. The summed E-state index contributed by atoms with van der Waals surface area (Å²) in [5.41, 5.74) is 9.71. The van der Waals surface area contributed by atoms with Gasteiger partial charge >= 0.3 is 0 Å². The number of fused-ring (bicyclic) bond motifs is 4. The summed E-state index contributed by atoms with van der Waals surface area (Å²) in [6.45, 7) is 2.42. The lowest BCUT2D eigenvalue weighted by atomic mass is 9.93. The Bertz CT molecular complexity index is 1250. The summed E-state index contributed by atoms with van der Waals surface area (Å²) in [5.74, 6) is 0. The number of hydrogen-bond acceptors (Lipinski definition) is 2. The first-order valence-corrected chi connectivity index (χ1v) is 11.3. The highest BCUT2D eigenvalue weighted by Crippen LogP contribution is 2.41. The summed E-state index contributed by atoms with van der Waals surface area (Å²) in [6, 6.07) is 29.3. The number of epoxide rings is 1. The molecule has 0 N–H and O–H groups in total. The van der Waals surface area contributed by atoms with E-state index in [-0.39, 0.29) is 0 Å². The van der Waals surface area contributed by atoms with Crippen LogP contribution in [0.25, 0.3) is 33.0 Å². The molecule has 1 unspecified atom stereocenters. The van der Waals surface area contributed by atoms with Crippen LogP contribution < -0.4 is 0 Å². The zero-order valence-electron chi connectivity index (χ0n) is 17.6. The molecule has 0 radical (unpaired) electrons. The van der Waals surface area contributed by atoms with Crippen molar-refractivity contribution in [1.82, 2.24) is 0 Å². The molecule has 6 rings (SSSR count). The van der Waals surface area contributed by atoms with Crippen molar-refractivity contribution in [3.05, 3.63) is 95.6 Å². The minimum atomic E-state index is 0.356. The molecule has 2 aliphatic rings. The maximum absolute atomic E-state index is 5.67. The third kappa shape index (κ3) is 3.78. The molecule has 0 spiro atoms. The van der Waals surface area contributed by atoms with Gasteiger partial charge < -0.3 is 9.47 Å². The molecule has 1 fully saturated rings. The Morgan fingerprint density at radius 1 is 0.806 bits per heavy atom. The molecule has 2 nitrogen and oxygen atoms in total. The van der Waals surface area contributed by atoms with Crippen molar-refractivity contribution in [1.29, 1.82) is 0 Å². The largest absolute Gasteiger partial charge is 0.379 e. The van der Waals surface area contributed by atoms with Gasteiger partial charge in [-0.1, -0.05) is 72.8 Å². The maximum atomic E-state index is 5.67. The van der Waals surface area contributed by atoms with Crippen molar-refractivity contribution in [2.75, 3.05) is 19.8 Å². The van der Waals surface area contributed by atoms with E-state index in [0.29, 0.717) is 6.10 Å². The fraction of sp³-hybridized carbons (Fsp3) is 0.241. The van der Waals surface area contributed by atoms with Gasteiger partial charge in [-0.05, 0) is 75.0 Å². The predicted octanol–water partition coefficient (Wildman–Crippen LogP) is 6.43. The molecule has 0 amide bonds. The highest BCUT2D eigenvalue weighted by molar-refractivity contribution is 5.91. The van der Waals surface area contributed by atoms with Crippen molar-refractivity contribution in [2.24, 2.45) is 0 Å². The smallest absolute Gasteiger partial charge is 0.104 e. The van der Waals surface area contributed by atoms with E-state index in [4.69, 9.17) is 9.47 Å². The van der Waals surface area contributed by atoms with E-state index >= 15 is 0 Å². The van der Waals surface area contributed by atoms with Gasteiger partial charge in [0.25, 0.3) is 0 Å². The minimum absolute atomic E-state index is 0.356. The fourth-order valence-electron chi connectivity index (χ4n) is 4.80. The van der Waals surface area contributed by atoms with Crippen molar-refractivity contribution in [3.63, 3.8) is 0 Å². The van der Waals surface area contributed by atoms with Crippen molar-refractivity contribution < 1.29 is 9.47 Å². The van der Waals surface area contributed by atoms with E-state index in [1.54, 1.807) is 0 Å². The molecule has 1 atom stereocenters. The normalized spacial score (nSPS) is 16.3. The summed E-state index contributed by atoms with van der Waals surface area (Å²) in [4.78, 5) is 0. The van der Waals surface area contributed by atoms with Crippen LogP contribution >= 0.6 is 0 Å². The van der Waals surface area contributed by atoms with Crippen LogP contribution in [-0.2, 0) is 22.3 Å². The molecule has 1 aliphatic heterocycles. The molecule has 0 saturated carbocycles. The first-order chi connectivity index (χ1) is 15.3. The molecule has 1 heterocycles. The molecule has 1 saturated heterocycles. The topological polar surface area (TPSA) is 21.8 Å². The number of rotatable bonds is 7. The van der Waals surface area contributed by atoms with Crippen LogP contribution in [0.3, 0.4) is 0 Å². The van der Waals surface area contributed by atoms with Crippen molar-refractivity contribution in [3.8, 4) is 22.3 Å². The van der Waals surface area contributed by atoms with Gasteiger partial charge in [-0.3, -0.25) is 0 Å². The highest BCUT2D eigenvalue weighted by atomic mass is 16.6. The summed E-state index contributed by atoms with van der Waals surface area (Å²) in [6.07, 6.45) is 3.48. The molecule has 4 aromatic carbocycles. The fourth-order valence-corrected chi connectivity index (χ4v) is 4.80. The Kier molecular flexibility index (Phi) is 4.82. The second-order valence-corrected chi connectivity index (χ2v) is 8.70. The lowest BCUT2D eigenvalue weighted by Gasteiger charge is -2.11. The van der Waals surface area contributed by atoms with Crippen LogP contribution in [0.2, 0.25) is 0 Å². The molecule has 1 aliphatic carbocycles. The van der Waals surface area contributed by atoms with Gasteiger partial charge in [-0.2, -0.15) is 0 Å². The summed E-state index contributed by atoms with van der Waals surface area (Å²) < 4.78 is 10.8. The average molecular weight is 407 g/mol. The number of ether oxygens (including phenoxy) is 2. The maximum Gasteiger partial charge on any atom is 0.104 e. The second-order valence-electron chi connectivity index (χ2n) is 8.70. The first-order valence-electron chi connectivity index (χ1n) is 11.3. The van der Waals surface area contributed by atoms with E-state index in [2.05, 4.69) is 78.9 Å². The van der Waals surface area contributed by atoms with Crippen LogP contribution in [-0.4, -0.2) is 25.9 Å². The predicted molar refractivity (Wildman–Crippen MR) is 127 cm³/mol. The molecule has 31 heavy (non-hydrogen) atoms. The molecular formula is C29H26O2. The van der Waals surface area contributed by atoms with Crippen LogP contribution in [0.4, 0.5) is 0 Å². The van der Waals surface area contributed by atoms with Crippen LogP contribution in [0, 0.1) is 0 Å². The quantitative estimate of drug-likeness (QED) is 0.230. The number of benzene rings is 4. The minimum Gasteiger partial charge on any atom is -0.379 e. The zero-order chi connectivity index (χ0) is 20.6. The third-order valence-electron chi connectivity index (χ3n) is 6.53. The first kappa shape index (κ1) is 18.8. The van der Waals surface area contributed by atoms with Crippen LogP contribution in [0.1, 0.15) is 23.1 Å². The van der Waals surface area contributed by atoms with Crippen LogP contribution in [0.5, 0.6) is 0 Å². The lowest BCUT2D eigenvalue weighted by Crippen LogP contribution is -2.03. The molecule has 4 aromatic rings. The van der Waals surface area contributed by atoms with Crippen molar-refractivity contribution in [2.45, 2.75) is 25.4 Å². The van der Waals surface area contributed by atoms with E-state index < -0.39 is 0 Å². The van der Waals surface area contributed by atoms with Gasteiger partial charge in [0.05, 0.1) is 13.2 Å². The van der Waals surface area contributed by atoms with Gasteiger partial charge in [0.15, 0.2) is 0 Å². The molecule has 2 heteroatoms. The summed E-state index contributed by atoms with van der Waals surface area (Å²) >= 11 is 0. The van der Waals surface area contributed by atoms with Gasteiger partial charge in [0.1, 0.15) is 6.10 Å². The zero-order valence-corrected chi connectivity index (χ0v) is 17.6. The second kappa shape index (κ2) is 7.96. The SMILES string of the molecule is c1ccc2c(c1)Cc1c(-c3ccc4cc(CCCOCC5CO5)ccc4c3)cccc1-2. The Morgan fingerprint density at radius 2 is 1.61 bits per heavy atom. The Morgan fingerprint density at radius 3 is 2.55 bits per heavy atom. The van der Waals surface area contributed by atoms with Crippen LogP contribution in [0.15, 0.2) is 78.9 Å². The standard InChI is InChI=1S/C29H26O2/c1-2-7-26-23(6-1)17-29-27(8-3-9-28(26)29)24-13-12-21-15-20(10-11-22(21)16-24)5-4-14-30-18-25-19-31-25/h1-3,6-13,15-16,25H,4-5,14,17-19H2. The van der Waals surface area contributed by atoms with Gasteiger partial charge in [0.2, 0.25) is 0 Å². The van der Waals surface area contributed by atoms with E-state index in [1.165, 1.54) is 49.7 Å². The van der Waals surface area contributed by atoms with Gasteiger partial charge in [-0.15, -0.1) is 0 Å². The van der Waals surface area contributed by atoms with Gasteiger partial charge in [-0.25, -0.2) is 0 Å². The Labute approximate surface area is 183 Å².